The fourth-order valence-corrected chi connectivity index (χ4v) is 5.90. The number of pyridine rings is 1. The summed E-state index contributed by atoms with van der Waals surface area (Å²) in [6.45, 7) is 9.22. The number of hydrogen-bond acceptors (Lipinski definition) is 2. The van der Waals surface area contributed by atoms with Gasteiger partial charge in [0.15, 0.2) is 0 Å². The first-order valence-electron chi connectivity index (χ1n) is 11.1. The Labute approximate surface area is 195 Å². The maximum Gasteiger partial charge on any atom is 0.327 e. The van der Waals surface area contributed by atoms with Gasteiger partial charge in [0, 0.05) is 34.4 Å². The molecule has 0 unspecified atom stereocenters. The number of rotatable bonds is 2. The van der Waals surface area contributed by atoms with E-state index in [-0.39, 0.29) is 10.8 Å². The van der Waals surface area contributed by atoms with E-state index in [0.29, 0.717) is 0 Å². The van der Waals surface area contributed by atoms with Crippen LogP contribution >= 0.6 is 11.6 Å². The van der Waals surface area contributed by atoms with Crippen LogP contribution in [0, 0.1) is 0 Å². The SMILES string of the molecule is CN1C(=C(C2=[N+](C)c3ncccc3C2(C)C)c2ccccc2)C(C)(C)c2cc(Cl)ccc21. The molecule has 0 N–H and O–H groups in total. The molecule has 5 rings (SSSR count). The molecule has 0 radical (unpaired) electrons. The summed E-state index contributed by atoms with van der Waals surface area (Å²) in [4.78, 5) is 7.10. The number of likely N-dealkylation sites (N-methyl/N-ethyl adjacent to an activating group) is 1. The average molecular weight is 443 g/mol. The number of allylic oxidation sites excluding steroid dienone is 2. The van der Waals surface area contributed by atoms with E-state index >= 15 is 0 Å². The molecule has 0 saturated heterocycles. The van der Waals surface area contributed by atoms with Crippen molar-refractivity contribution in [3.63, 3.8) is 0 Å². The van der Waals surface area contributed by atoms with Crippen molar-refractivity contribution in [1.29, 1.82) is 0 Å². The molecule has 0 fully saturated rings. The predicted molar refractivity (Wildman–Crippen MR) is 134 cm³/mol. The van der Waals surface area contributed by atoms with Gasteiger partial charge in [0.1, 0.15) is 11.9 Å². The Bertz CT molecular complexity index is 1300. The van der Waals surface area contributed by atoms with Gasteiger partial charge in [-0.15, -0.1) is 0 Å². The van der Waals surface area contributed by atoms with Crippen molar-refractivity contribution in [1.82, 2.24) is 4.98 Å². The third kappa shape index (κ3) is 2.80. The Morgan fingerprint density at radius 3 is 2.31 bits per heavy atom. The van der Waals surface area contributed by atoms with E-state index in [2.05, 4.69) is 99.8 Å². The molecule has 1 aromatic heterocycles. The summed E-state index contributed by atoms with van der Waals surface area (Å²) in [6.07, 6.45) is 1.88. The number of aromatic nitrogens is 1. The molecule has 0 bridgehead atoms. The van der Waals surface area contributed by atoms with Crippen LogP contribution in [0.2, 0.25) is 5.02 Å². The fraction of sp³-hybridized carbons (Fsp3) is 0.286. The minimum Gasteiger partial charge on any atom is -0.346 e. The molecule has 3 aromatic rings. The zero-order valence-electron chi connectivity index (χ0n) is 19.6. The molecule has 2 aromatic carbocycles. The quantitative estimate of drug-likeness (QED) is 0.417. The molecule has 0 amide bonds. The highest BCUT2D eigenvalue weighted by molar-refractivity contribution is 6.31. The van der Waals surface area contributed by atoms with Gasteiger partial charge < -0.3 is 4.90 Å². The van der Waals surface area contributed by atoms with Crippen LogP contribution in [0.3, 0.4) is 0 Å². The van der Waals surface area contributed by atoms with E-state index in [0.717, 1.165) is 10.8 Å². The number of anilines is 1. The van der Waals surface area contributed by atoms with Crippen molar-refractivity contribution < 1.29 is 4.58 Å². The monoisotopic (exact) mass is 442 g/mol. The maximum absolute atomic E-state index is 6.44. The van der Waals surface area contributed by atoms with Gasteiger partial charge in [0.2, 0.25) is 0 Å². The van der Waals surface area contributed by atoms with Crippen molar-refractivity contribution in [3.8, 4) is 0 Å². The van der Waals surface area contributed by atoms with E-state index in [1.54, 1.807) is 0 Å². The zero-order valence-corrected chi connectivity index (χ0v) is 20.3. The molecule has 2 aliphatic rings. The molecule has 0 atom stereocenters. The Kier molecular flexibility index (Phi) is 4.62. The summed E-state index contributed by atoms with van der Waals surface area (Å²) in [7, 11) is 4.32. The highest BCUT2D eigenvalue weighted by Crippen LogP contribution is 2.52. The number of benzene rings is 2. The van der Waals surface area contributed by atoms with Crippen molar-refractivity contribution in [3.05, 3.63) is 94.3 Å². The molecule has 3 heterocycles. The molecule has 3 nitrogen and oxygen atoms in total. The highest BCUT2D eigenvalue weighted by atomic mass is 35.5. The summed E-state index contributed by atoms with van der Waals surface area (Å²) in [5.74, 6) is 1.03. The molecular weight excluding hydrogens is 414 g/mol. The summed E-state index contributed by atoms with van der Waals surface area (Å²) in [5.41, 5.74) is 8.33. The topological polar surface area (TPSA) is 19.1 Å². The van der Waals surface area contributed by atoms with Crippen LogP contribution in [-0.4, -0.2) is 29.4 Å². The Hall–Kier alpha value is -2.91. The van der Waals surface area contributed by atoms with Gasteiger partial charge in [0.25, 0.3) is 0 Å². The second kappa shape index (κ2) is 7.05. The van der Waals surface area contributed by atoms with Crippen LogP contribution in [-0.2, 0) is 10.8 Å². The predicted octanol–water partition coefficient (Wildman–Crippen LogP) is 6.58. The van der Waals surface area contributed by atoms with E-state index in [9.17, 15) is 0 Å². The van der Waals surface area contributed by atoms with Crippen LogP contribution in [0.1, 0.15) is 44.4 Å². The van der Waals surface area contributed by atoms with Gasteiger partial charge in [-0.05, 0) is 60.3 Å². The summed E-state index contributed by atoms with van der Waals surface area (Å²) >= 11 is 6.44. The minimum absolute atomic E-state index is 0.195. The largest absolute Gasteiger partial charge is 0.346 e. The van der Waals surface area contributed by atoms with Crippen LogP contribution < -0.4 is 4.90 Å². The molecule has 0 aliphatic carbocycles. The lowest BCUT2D eigenvalue weighted by Gasteiger charge is -2.31. The van der Waals surface area contributed by atoms with E-state index < -0.39 is 0 Å². The lowest BCUT2D eigenvalue weighted by molar-refractivity contribution is -0.405. The Balaban J connectivity index is 1.88. The summed E-state index contributed by atoms with van der Waals surface area (Å²) in [6, 6.07) is 21.2. The number of halogens is 1. The van der Waals surface area contributed by atoms with E-state index in [1.165, 1.54) is 39.4 Å². The van der Waals surface area contributed by atoms with E-state index in [4.69, 9.17) is 16.6 Å². The molecule has 2 aliphatic heterocycles. The molecule has 162 valence electrons. The smallest absolute Gasteiger partial charge is 0.327 e. The summed E-state index contributed by atoms with van der Waals surface area (Å²) in [5, 5.41) is 0.773. The van der Waals surface area contributed by atoms with Crippen LogP contribution in [0.25, 0.3) is 5.57 Å². The average Bonchev–Trinajstić information content (AvgIpc) is 3.09. The van der Waals surface area contributed by atoms with Gasteiger partial charge in [0.05, 0.1) is 18.0 Å². The molecule has 0 spiro atoms. The van der Waals surface area contributed by atoms with Gasteiger partial charge in [-0.25, -0.2) is 4.58 Å². The van der Waals surface area contributed by atoms with Crippen molar-refractivity contribution >= 4 is 34.4 Å². The van der Waals surface area contributed by atoms with Gasteiger partial charge in [-0.1, -0.05) is 55.8 Å². The first kappa shape index (κ1) is 21.0. The first-order valence-corrected chi connectivity index (χ1v) is 11.4. The third-order valence-electron chi connectivity index (χ3n) is 7.16. The van der Waals surface area contributed by atoms with E-state index in [1.807, 2.05) is 18.3 Å². The Morgan fingerprint density at radius 1 is 0.906 bits per heavy atom. The normalized spacial score (nSPS) is 19.8. The number of nitrogens with zero attached hydrogens (tertiary/aromatic N) is 3. The molecule has 32 heavy (non-hydrogen) atoms. The van der Waals surface area contributed by atoms with Gasteiger partial charge in [-0.2, -0.15) is 0 Å². The number of fused-ring (bicyclic) bond motifs is 2. The van der Waals surface area contributed by atoms with Gasteiger partial charge in [-0.3, -0.25) is 0 Å². The second-order valence-electron chi connectivity index (χ2n) is 9.84. The van der Waals surface area contributed by atoms with Crippen LogP contribution in [0.4, 0.5) is 11.5 Å². The van der Waals surface area contributed by atoms with Crippen molar-refractivity contribution in [2.24, 2.45) is 0 Å². The molecule has 4 heteroatoms. The van der Waals surface area contributed by atoms with Crippen molar-refractivity contribution in [2.75, 3.05) is 19.0 Å². The molecular formula is C28H29ClN3+. The minimum atomic E-state index is -0.216. The number of hydrogen-bond donors (Lipinski definition) is 0. The lowest BCUT2D eigenvalue weighted by atomic mass is 9.73. The van der Waals surface area contributed by atoms with Crippen LogP contribution in [0.15, 0.2) is 72.6 Å². The van der Waals surface area contributed by atoms with Gasteiger partial charge >= 0.3 is 5.82 Å². The lowest BCUT2D eigenvalue weighted by Crippen LogP contribution is -2.34. The highest BCUT2D eigenvalue weighted by Gasteiger charge is 2.49. The van der Waals surface area contributed by atoms with Crippen LogP contribution in [0.5, 0.6) is 0 Å². The Morgan fingerprint density at radius 2 is 1.62 bits per heavy atom. The molecule has 0 saturated carbocycles. The zero-order chi connectivity index (χ0) is 22.8. The maximum atomic E-state index is 6.44. The second-order valence-corrected chi connectivity index (χ2v) is 10.3. The standard InChI is InChI=1S/C28H29ClN3/c1-27(2)20-13-10-16-30-26(20)32(6)25(27)23(18-11-8-7-9-12-18)24-28(3,4)21-17-19(29)14-15-22(21)31(24)5/h7-17H,1-6H3/q+1. The first-order chi connectivity index (χ1) is 15.2. The van der Waals surface area contributed by atoms with Crippen molar-refractivity contribution in [2.45, 2.75) is 38.5 Å². The summed E-state index contributed by atoms with van der Waals surface area (Å²) < 4.78 is 2.28. The fourth-order valence-electron chi connectivity index (χ4n) is 5.72. The third-order valence-corrected chi connectivity index (χ3v) is 7.40.